The largest absolute Gasteiger partial charge is 0.497 e. The van der Waals surface area contributed by atoms with Crippen molar-refractivity contribution in [3.05, 3.63) is 90.0 Å². The summed E-state index contributed by atoms with van der Waals surface area (Å²) in [5.41, 5.74) is 3.27. The quantitative estimate of drug-likeness (QED) is 0.309. The predicted molar refractivity (Wildman–Crippen MR) is 133 cm³/mol. The number of fused-ring (bicyclic) bond motifs is 1. The van der Waals surface area contributed by atoms with Crippen molar-refractivity contribution in [2.75, 3.05) is 12.0 Å². The number of hydrogen-bond donors (Lipinski definition) is 0. The molecule has 0 saturated heterocycles. The average molecular weight is 446 g/mol. The van der Waals surface area contributed by atoms with Gasteiger partial charge in [0.15, 0.2) is 0 Å². The molecule has 0 fully saturated rings. The molecule has 3 aromatic rings. The first-order chi connectivity index (χ1) is 15.7. The maximum atomic E-state index is 14.2. The molecule has 0 N–H and O–H groups in total. The van der Waals surface area contributed by atoms with Crippen LogP contribution in [0.5, 0.6) is 5.75 Å². The van der Waals surface area contributed by atoms with E-state index in [2.05, 4.69) is 37.3 Å². The van der Waals surface area contributed by atoms with Crippen LogP contribution < -0.4 is 9.64 Å². The van der Waals surface area contributed by atoms with Gasteiger partial charge in [0, 0.05) is 16.1 Å². The van der Waals surface area contributed by atoms with Crippen molar-refractivity contribution in [3.63, 3.8) is 0 Å². The number of anilines is 1. The molecule has 0 bridgehead atoms. The SMILES string of the molecule is CCCCCCC1(Sc2ccccc2)C(=O)N(Cc2ccc(OC)cc2)c2ccccc21. The monoisotopic (exact) mass is 445 g/mol. The summed E-state index contributed by atoms with van der Waals surface area (Å²) in [7, 11) is 1.67. The van der Waals surface area contributed by atoms with Crippen LogP contribution in [0.15, 0.2) is 83.8 Å². The molecular formula is C28H31NO2S. The van der Waals surface area contributed by atoms with E-state index in [4.69, 9.17) is 4.74 Å². The molecule has 0 aliphatic carbocycles. The molecular weight excluding hydrogens is 414 g/mol. The molecule has 1 atom stereocenters. The number of ether oxygens (including phenoxy) is 1. The van der Waals surface area contributed by atoms with E-state index in [1.807, 2.05) is 53.4 Å². The van der Waals surface area contributed by atoms with Gasteiger partial charge in [-0.25, -0.2) is 0 Å². The molecule has 1 aliphatic rings. The molecule has 0 aromatic heterocycles. The highest BCUT2D eigenvalue weighted by Gasteiger charge is 2.51. The fourth-order valence-electron chi connectivity index (χ4n) is 4.45. The Balaban J connectivity index is 1.70. The topological polar surface area (TPSA) is 29.5 Å². The molecule has 166 valence electrons. The second-order valence-electron chi connectivity index (χ2n) is 8.31. The lowest BCUT2D eigenvalue weighted by Gasteiger charge is -2.29. The number of para-hydroxylation sites is 1. The van der Waals surface area contributed by atoms with Crippen molar-refractivity contribution in [1.29, 1.82) is 0 Å². The highest BCUT2D eigenvalue weighted by atomic mass is 32.2. The van der Waals surface area contributed by atoms with E-state index in [0.29, 0.717) is 6.54 Å². The maximum absolute atomic E-state index is 14.2. The van der Waals surface area contributed by atoms with Gasteiger partial charge in [-0.15, -0.1) is 11.8 Å². The van der Waals surface area contributed by atoms with Crippen molar-refractivity contribution in [1.82, 2.24) is 0 Å². The third-order valence-corrected chi connectivity index (χ3v) is 7.59. The number of hydrogen-bond acceptors (Lipinski definition) is 3. The van der Waals surface area contributed by atoms with E-state index in [-0.39, 0.29) is 5.91 Å². The molecule has 0 saturated carbocycles. The summed E-state index contributed by atoms with van der Waals surface area (Å²) in [5.74, 6) is 1.02. The Morgan fingerprint density at radius 2 is 1.59 bits per heavy atom. The van der Waals surface area contributed by atoms with Crippen LogP contribution in [0.4, 0.5) is 5.69 Å². The normalized spacial score (nSPS) is 17.4. The van der Waals surface area contributed by atoms with Crippen LogP contribution in [0.1, 0.15) is 50.2 Å². The zero-order chi connectivity index (χ0) is 22.4. The smallest absolute Gasteiger partial charge is 0.248 e. The third-order valence-electron chi connectivity index (χ3n) is 6.14. The Kier molecular flexibility index (Phi) is 7.21. The Morgan fingerprint density at radius 1 is 0.875 bits per heavy atom. The van der Waals surface area contributed by atoms with Crippen LogP contribution in [-0.4, -0.2) is 13.0 Å². The minimum atomic E-state index is -0.585. The molecule has 1 unspecified atom stereocenters. The molecule has 3 nitrogen and oxygen atoms in total. The van der Waals surface area contributed by atoms with Crippen LogP contribution in [0.2, 0.25) is 0 Å². The van der Waals surface area contributed by atoms with Gasteiger partial charge in [0.05, 0.1) is 13.7 Å². The summed E-state index contributed by atoms with van der Waals surface area (Å²) in [6.07, 6.45) is 5.44. The van der Waals surface area contributed by atoms with E-state index in [1.54, 1.807) is 18.9 Å². The van der Waals surface area contributed by atoms with Gasteiger partial charge in [-0.3, -0.25) is 4.79 Å². The second kappa shape index (κ2) is 10.3. The summed E-state index contributed by atoms with van der Waals surface area (Å²) < 4.78 is 4.71. The van der Waals surface area contributed by atoms with Crippen molar-refractivity contribution < 1.29 is 9.53 Å². The number of methoxy groups -OCH3 is 1. The molecule has 1 heterocycles. The van der Waals surface area contributed by atoms with Crippen molar-refractivity contribution in [2.45, 2.75) is 55.2 Å². The van der Waals surface area contributed by atoms with Crippen molar-refractivity contribution in [2.24, 2.45) is 0 Å². The molecule has 3 aromatic carbocycles. The van der Waals surface area contributed by atoms with Gasteiger partial charge in [-0.05, 0) is 42.3 Å². The van der Waals surface area contributed by atoms with Gasteiger partial charge in [0.2, 0.25) is 5.91 Å². The first kappa shape index (κ1) is 22.5. The zero-order valence-corrected chi connectivity index (χ0v) is 19.7. The predicted octanol–water partition coefficient (Wildman–Crippen LogP) is 7.20. The minimum absolute atomic E-state index is 0.194. The van der Waals surface area contributed by atoms with E-state index in [9.17, 15) is 4.79 Å². The van der Waals surface area contributed by atoms with Gasteiger partial charge in [-0.1, -0.05) is 81.1 Å². The zero-order valence-electron chi connectivity index (χ0n) is 18.9. The molecule has 1 amide bonds. The Morgan fingerprint density at radius 3 is 2.31 bits per heavy atom. The molecule has 4 heteroatoms. The number of amides is 1. The second-order valence-corrected chi connectivity index (χ2v) is 9.68. The van der Waals surface area contributed by atoms with E-state index in [1.165, 1.54) is 12.8 Å². The summed E-state index contributed by atoms with van der Waals surface area (Å²) in [6, 6.07) is 26.7. The maximum Gasteiger partial charge on any atom is 0.248 e. The summed E-state index contributed by atoms with van der Waals surface area (Å²) >= 11 is 1.72. The molecule has 4 rings (SSSR count). The highest BCUT2D eigenvalue weighted by molar-refractivity contribution is 8.01. The first-order valence-corrected chi connectivity index (χ1v) is 12.3. The number of nitrogens with zero attached hydrogens (tertiary/aromatic N) is 1. The third kappa shape index (κ3) is 4.56. The first-order valence-electron chi connectivity index (χ1n) is 11.5. The number of unbranched alkanes of at least 4 members (excludes halogenated alkanes) is 3. The average Bonchev–Trinajstić information content (AvgIpc) is 3.06. The molecule has 32 heavy (non-hydrogen) atoms. The van der Waals surface area contributed by atoms with Crippen LogP contribution in [0, 0.1) is 0 Å². The van der Waals surface area contributed by atoms with Crippen molar-refractivity contribution >= 4 is 23.4 Å². The van der Waals surface area contributed by atoms with Crippen LogP contribution in [0.3, 0.4) is 0 Å². The number of rotatable bonds is 10. The lowest BCUT2D eigenvalue weighted by molar-refractivity contribution is -0.120. The lowest BCUT2D eigenvalue weighted by Crippen LogP contribution is -2.38. The van der Waals surface area contributed by atoms with E-state index in [0.717, 1.165) is 46.7 Å². The Bertz CT molecular complexity index is 1030. The Labute approximate surface area is 195 Å². The highest BCUT2D eigenvalue weighted by Crippen LogP contribution is 2.54. The number of carbonyl (C=O) groups is 1. The Hall–Kier alpha value is -2.72. The number of thioether (sulfide) groups is 1. The van der Waals surface area contributed by atoms with Gasteiger partial charge >= 0.3 is 0 Å². The minimum Gasteiger partial charge on any atom is -0.497 e. The number of carbonyl (C=O) groups excluding carboxylic acids is 1. The fraction of sp³-hybridized carbons (Fsp3) is 0.321. The summed E-state index contributed by atoms with van der Waals surface area (Å²) in [5, 5.41) is 0. The summed E-state index contributed by atoms with van der Waals surface area (Å²) in [6.45, 7) is 2.78. The van der Waals surface area contributed by atoms with Gasteiger partial charge < -0.3 is 9.64 Å². The van der Waals surface area contributed by atoms with Gasteiger partial charge in [0.1, 0.15) is 10.5 Å². The molecule has 0 radical (unpaired) electrons. The fourth-order valence-corrected chi connectivity index (χ4v) is 5.87. The molecule has 0 spiro atoms. The summed E-state index contributed by atoms with van der Waals surface area (Å²) in [4.78, 5) is 17.3. The van der Waals surface area contributed by atoms with Gasteiger partial charge in [-0.2, -0.15) is 0 Å². The number of benzene rings is 3. The lowest BCUT2D eigenvalue weighted by atomic mass is 9.93. The molecule has 1 aliphatic heterocycles. The van der Waals surface area contributed by atoms with Crippen LogP contribution >= 0.6 is 11.8 Å². The van der Waals surface area contributed by atoms with Crippen molar-refractivity contribution in [3.8, 4) is 5.75 Å². The van der Waals surface area contributed by atoms with E-state index >= 15 is 0 Å². The van der Waals surface area contributed by atoms with Crippen LogP contribution in [-0.2, 0) is 16.1 Å². The standard InChI is InChI=1S/C28H31NO2S/c1-3-4-5-11-20-28(32-24-12-7-6-8-13-24)25-14-9-10-15-26(25)29(27(28)30)21-22-16-18-23(31-2)19-17-22/h6-10,12-19H,3-5,11,20-21H2,1-2H3. The van der Waals surface area contributed by atoms with Gasteiger partial charge in [0.25, 0.3) is 0 Å². The van der Waals surface area contributed by atoms with Crippen LogP contribution in [0.25, 0.3) is 0 Å². The van der Waals surface area contributed by atoms with E-state index < -0.39 is 4.75 Å².